The van der Waals surface area contributed by atoms with Gasteiger partial charge in [0.15, 0.2) is 0 Å². The van der Waals surface area contributed by atoms with Crippen molar-refractivity contribution in [1.29, 1.82) is 0 Å². The Labute approximate surface area is 161 Å². The van der Waals surface area contributed by atoms with Crippen molar-refractivity contribution in [2.45, 2.75) is 51.6 Å². The molecule has 2 amide bonds. The predicted octanol–water partition coefficient (Wildman–Crippen LogP) is 3.15. The van der Waals surface area contributed by atoms with Gasteiger partial charge in [-0.2, -0.15) is 0 Å². The Morgan fingerprint density at radius 2 is 1.85 bits per heavy atom. The molecule has 0 saturated heterocycles. The summed E-state index contributed by atoms with van der Waals surface area (Å²) in [5.41, 5.74) is 0.896. The van der Waals surface area contributed by atoms with Crippen LogP contribution in [-0.2, 0) is 9.59 Å². The zero-order chi connectivity index (χ0) is 19.4. The molecule has 3 rings (SSSR count). The number of benzene rings is 1. The zero-order valence-corrected chi connectivity index (χ0v) is 16.4. The Kier molecular flexibility index (Phi) is 6.19. The van der Waals surface area contributed by atoms with Crippen LogP contribution in [-0.4, -0.2) is 31.0 Å². The van der Waals surface area contributed by atoms with E-state index in [1.54, 1.807) is 20.1 Å². The minimum atomic E-state index is -0.556. The third kappa shape index (κ3) is 4.90. The van der Waals surface area contributed by atoms with Gasteiger partial charge in [-0.1, -0.05) is 18.6 Å². The lowest BCUT2D eigenvalue weighted by Crippen LogP contribution is -2.49. The molecule has 0 spiro atoms. The molecule has 0 radical (unpaired) electrons. The Balaban J connectivity index is 1.45. The first-order chi connectivity index (χ1) is 13.0. The van der Waals surface area contributed by atoms with Crippen LogP contribution in [0.4, 0.5) is 0 Å². The maximum absolute atomic E-state index is 12.4. The molecule has 0 aliphatic heterocycles. The average molecular weight is 370 g/mol. The molecule has 5 unspecified atom stereocenters. The number of fused-ring (bicyclic) bond motifs is 2. The molecular formula is C22H30N2O3. The summed E-state index contributed by atoms with van der Waals surface area (Å²) < 4.78 is 5.11. The first-order valence-electron chi connectivity index (χ1n) is 9.89. The fraction of sp³-hybridized carbons (Fsp3) is 0.545. The van der Waals surface area contributed by atoms with Crippen LogP contribution < -0.4 is 15.4 Å². The first-order valence-corrected chi connectivity index (χ1v) is 9.89. The number of ether oxygens (including phenoxy) is 1. The van der Waals surface area contributed by atoms with Crippen molar-refractivity contribution in [3.05, 3.63) is 35.9 Å². The summed E-state index contributed by atoms with van der Waals surface area (Å²) in [4.78, 5) is 24.5. The van der Waals surface area contributed by atoms with Crippen LogP contribution in [0.2, 0.25) is 0 Å². The van der Waals surface area contributed by atoms with E-state index in [1.165, 1.54) is 31.8 Å². The summed E-state index contributed by atoms with van der Waals surface area (Å²) in [5.74, 6) is 2.59. The number of amides is 2. The Morgan fingerprint density at radius 3 is 2.44 bits per heavy atom. The second-order valence-electron chi connectivity index (χ2n) is 7.97. The average Bonchev–Trinajstić information content (AvgIpc) is 3.30. The molecule has 0 aromatic heterocycles. The van der Waals surface area contributed by atoms with Gasteiger partial charge in [0.2, 0.25) is 11.8 Å². The fourth-order valence-electron chi connectivity index (χ4n) is 4.58. The number of hydrogen-bond donors (Lipinski definition) is 2. The van der Waals surface area contributed by atoms with Crippen LogP contribution in [0.1, 0.15) is 45.1 Å². The van der Waals surface area contributed by atoms with Gasteiger partial charge in [-0.25, -0.2) is 0 Å². The lowest BCUT2D eigenvalue weighted by molar-refractivity contribution is -0.127. The van der Waals surface area contributed by atoms with Crippen LogP contribution in [0.15, 0.2) is 30.3 Å². The van der Waals surface area contributed by atoms with E-state index in [-0.39, 0.29) is 17.9 Å². The highest BCUT2D eigenvalue weighted by Gasteiger charge is 2.42. The maximum atomic E-state index is 12.4. The van der Waals surface area contributed by atoms with E-state index in [2.05, 4.69) is 17.6 Å². The lowest BCUT2D eigenvalue weighted by atomic mass is 9.84. The minimum absolute atomic E-state index is 0.114. The van der Waals surface area contributed by atoms with Gasteiger partial charge in [-0.3, -0.25) is 9.59 Å². The molecule has 27 heavy (non-hydrogen) atoms. The van der Waals surface area contributed by atoms with Gasteiger partial charge in [-0.15, -0.1) is 0 Å². The van der Waals surface area contributed by atoms with Gasteiger partial charge < -0.3 is 15.4 Å². The van der Waals surface area contributed by atoms with Gasteiger partial charge in [0.05, 0.1) is 7.11 Å². The van der Waals surface area contributed by atoms with E-state index in [0.29, 0.717) is 5.92 Å². The summed E-state index contributed by atoms with van der Waals surface area (Å²) in [6.07, 6.45) is 8.39. The van der Waals surface area contributed by atoms with Crippen molar-refractivity contribution < 1.29 is 14.3 Å². The van der Waals surface area contributed by atoms with Gasteiger partial charge in [0.1, 0.15) is 11.8 Å². The summed E-state index contributed by atoms with van der Waals surface area (Å²) in [7, 11) is 1.61. The molecule has 2 aliphatic carbocycles. The van der Waals surface area contributed by atoms with Crippen LogP contribution in [0.3, 0.4) is 0 Å². The standard InChI is InChI=1S/C22H30N2O3/c1-14(20-13-17-4-8-18(20)12-17)24-22(26)15(2)23-21(25)11-7-16-5-9-19(27-3)10-6-16/h5-7,9-11,14-15,17-18,20H,4,8,12-13H2,1-3H3,(H,23,25)(H,24,26). The van der Waals surface area contributed by atoms with Crippen molar-refractivity contribution in [3.63, 3.8) is 0 Å². The summed E-state index contributed by atoms with van der Waals surface area (Å²) >= 11 is 0. The minimum Gasteiger partial charge on any atom is -0.497 e. The van der Waals surface area contributed by atoms with Gasteiger partial charge in [0.25, 0.3) is 0 Å². The van der Waals surface area contributed by atoms with E-state index in [9.17, 15) is 9.59 Å². The normalized spacial score (nSPS) is 26.0. The number of hydrogen-bond acceptors (Lipinski definition) is 3. The summed E-state index contributed by atoms with van der Waals surface area (Å²) in [5, 5.41) is 5.85. The molecular weight excluding hydrogens is 340 g/mol. The summed E-state index contributed by atoms with van der Waals surface area (Å²) in [6, 6.07) is 7.03. The molecule has 0 heterocycles. The van der Waals surface area contributed by atoms with Crippen LogP contribution in [0.25, 0.3) is 6.08 Å². The molecule has 2 fully saturated rings. The topological polar surface area (TPSA) is 67.4 Å². The smallest absolute Gasteiger partial charge is 0.244 e. The molecule has 1 aromatic carbocycles. The monoisotopic (exact) mass is 370 g/mol. The third-order valence-electron chi connectivity index (χ3n) is 6.10. The second-order valence-corrected chi connectivity index (χ2v) is 7.97. The largest absolute Gasteiger partial charge is 0.497 e. The predicted molar refractivity (Wildman–Crippen MR) is 106 cm³/mol. The highest BCUT2D eigenvalue weighted by Crippen LogP contribution is 2.49. The molecule has 1 aromatic rings. The molecule has 2 bridgehead atoms. The molecule has 146 valence electrons. The Morgan fingerprint density at radius 1 is 1.11 bits per heavy atom. The first kappa shape index (κ1) is 19.5. The Hall–Kier alpha value is -2.30. The molecule has 5 heteroatoms. The number of methoxy groups -OCH3 is 1. The third-order valence-corrected chi connectivity index (χ3v) is 6.10. The van der Waals surface area contributed by atoms with Crippen molar-refractivity contribution in [2.24, 2.45) is 17.8 Å². The van der Waals surface area contributed by atoms with Gasteiger partial charge in [0, 0.05) is 12.1 Å². The van der Waals surface area contributed by atoms with Gasteiger partial charge in [-0.05, 0) is 74.6 Å². The summed E-state index contributed by atoms with van der Waals surface area (Å²) in [6.45, 7) is 3.82. The van der Waals surface area contributed by atoms with Crippen LogP contribution in [0.5, 0.6) is 5.75 Å². The highest BCUT2D eigenvalue weighted by atomic mass is 16.5. The van der Waals surface area contributed by atoms with Crippen molar-refractivity contribution in [1.82, 2.24) is 10.6 Å². The lowest BCUT2D eigenvalue weighted by Gasteiger charge is -2.29. The zero-order valence-electron chi connectivity index (χ0n) is 16.4. The fourth-order valence-corrected chi connectivity index (χ4v) is 4.58. The van der Waals surface area contributed by atoms with Crippen molar-refractivity contribution in [2.75, 3.05) is 7.11 Å². The molecule has 2 saturated carbocycles. The van der Waals surface area contributed by atoms with E-state index < -0.39 is 6.04 Å². The highest BCUT2D eigenvalue weighted by molar-refractivity contribution is 5.95. The van der Waals surface area contributed by atoms with Gasteiger partial charge >= 0.3 is 0 Å². The number of carbonyl (C=O) groups excluding carboxylic acids is 2. The molecule has 5 atom stereocenters. The van der Waals surface area contributed by atoms with Crippen LogP contribution in [0, 0.1) is 17.8 Å². The number of nitrogens with one attached hydrogen (secondary N) is 2. The quantitative estimate of drug-likeness (QED) is 0.725. The second kappa shape index (κ2) is 8.59. The Bertz CT molecular complexity index is 698. The van der Waals surface area contributed by atoms with Crippen molar-refractivity contribution >= 4 is 17.9 Å². The van der Waals surface area contributed by atoms with E-state index >= 15 is 0 Å². The number of carbonyl (C=O) groups is 2. The van der Waals surface area contributed by atoms with E-state index in [1.807, 2.05) is 24.3 Å². The van der Waals surface area contributed by atoms with Crippen LogP contribution >= 0.6 is 0 Å². The van der Waals surface area contributed by atoms with Crippen molar-refractivity contribution in [3.8, 4) is 5.75 Å². The molecule has 2 N–H and O–H groups in total. The molecule has 5 nitrogen and oxygen atoms in total. The number of rotatable bonds is 7. The SMILES string of the molecule is COc1ccc(C=CC(=O)NC(C)C(=O)NC(C)C2CC3CCC2C3)cc1. The molecule has 2 aliphatic rings. The maximum Gasteiger partial charge on any atom is 0.244 e. The van der Waals surface area contributed by atoms with E-state index in [4.69, 9.17) is 4.74 Å². The van der Waals surface area contributed by atoms with E-state index in [0.717, 1.165) is 23.1 Å².